The Bertz CT molecular complexity index is 2310. The normalized spacial score (nSPS) is 12.5. The maximum absolute atomic E-state index is 2.44. The van der Waals surface area contributed by atoms with Gasteiger partial charge >= 0.3 is 0 Å². The molecule has 0 nitrogen and oxygen atoms in total. The molecule has 0 unspecified atom stereocenters. The van der Waals surface area contributed by atoms with Crippen LogP contribution >= 0.6 is 0 Å². The number of hydrogen-bond acceptors (Lipinski definition) is 0. The molecule has 0 N–H and O–H groups in total. The van der Waals surface area contributed by atoms with Crippen LogP contribution in [-0.4, -0.2) is 0 Å². The van der Waals surface area contributed by atoms with E-state index < -0.39 is 0 Å². The van der Waals surface area contributed by atoms with Gasteiger partial charge in [-0.15, -0.1) is 0 Å². The molecule has 0 spiro atoms. The van der Waals surface area contributed by atoms with Gasteiger partial charge in [0, 0.05) is 0 Å². The van der Waals surface area contributed by atoms with Gasteiger partial charge in [0.1, 0.15) is 0 Å². The Labute approximate surface area is 263 Å². The highest BCUT2D eigenvalue weighted by Crippen LogP contribution is 2.49. The van der Waals surface area contributed by atoms with Crippen molar-refractivity contribution in [1.82, 2.24) is 0 Å². The van der Waals surface area contributed by atoms with Crippen LogP contribution in [0.5, 0.6) is 0 Å². The Morgan fingerprint density at radius 1 is 0.356 bits per heavy atom. The van der Waals surface area contributed by atoms with Crippen molar-refractivity contribution in [2.45, 2.75) is 6.42 Å². The van der Waals surface area contributed by atoms with Crippen LogP contribution in [0.4, 0.5) is 0 Å². The molecular formula is C45H30. The standard InChI is InChI=1S/C45H30/c1-3-14-30(15-4-1)36-26-13-27-37(31-16-5-2-6-17-31)44(36)45-40-24-9-7-22-38(40)43(39-23-8-10-25-41(39)45)35-28-33-20-11-18-32-19-12-21-34(29-35)42(32)33/h1-28H,29H2. The molecule has 0 atom stereocenters. The summed E-state index contributed by atoms with van der Waals surface area (Å²) in [5.41, 5.74) is 12.9. The third kappa shape index (κ3) is 4.14. The first-order valence-electron chi connectivity index (χ1n) is 15.7. The molecule has 0 radical (unpaired) electrons. The average Bonchev–Trinajstić information content (AvgIpc) is 3.11. The Balaban J connectivity index is 1.41. The fraction of sp³-hybridized carbons (Fsp3) is 0.0222. The summed E-state index contributed by atoms with van der Waals surface area (Å²) in [6.45, 7) is 0. The van der Waals surface area contributed by atoms with Crippen LogP contribution in [0.15, 0.2) is 164 Å². The summed E-state index contributed by atoms with van der Waals surface area (Å²) in [7, 11) is 0. The lowest BCUT2D eigenvalue weighted by Crippen LogP contribution is -2.02. The Hall–Kier alpha value is -5.72. The van der Waals surface area contributed by atoms with Crippen molar-refractivity contribution in [2.75, 3.05) is 0 Å². The number of fused-ring (bicyclic) bond motifs is 2. The summed E-state index contributed by atoms with van der Waals surface area (Å²) in [5.74, 6) is 0. The van der Waals surface area contributed by atoms with Gasteiger partial charge in [0.05, 0.1) is 0 Å². The topological polar surface area (TPSA) is 0 Å². The van der Waals surface area contributed by atoms with Crippen LogP contribution in [0.1, 0.15) is 16.7 Å². The molecule has 9 rings (SSSR count). The fourth-order valence-corrected chi connectivity index (χ4v) is 7.60. The van der Waals surface area contributed by atoms with Crippen LogP contribution in [-0.2, 0) is 6.42 Å². The highest BCUT2D eigenvalue weighted by Gasteiger charge is 2.24. The summed E-state index contributed by atoms with van der Waals surface area (Å²) in [4.78, 5) is 0. The molecule has 0 saturated carbocycles. The second-order valence-electron chi connectivity index (χ2n) is 12.0. The molecule has 0 aromatic heterocycles. The molecule has 0 heteroatoms. The van der Waals surface area contributed by atoms with Crippen LogP contribution in [0.2, 0.25) is 0 Å². The van der Waals surface area contributed by atoms with Crippen molar-refractivity contribution in [3.05, 3.63) is 180 Å². The van der Waals surface area contributed by atoms with Crippen LogP contribution < -0.4 is 0 Å². The number of rotatable bonds is 4. The van der Waals surface area contributed by atoms with Crippen molar-refractivity contribution in [1.29, 1.82) is 0 Å². The zero-order valence-electron chi connectivity index (χ0n) is 24.9. The molecule has 0 aliphatic heterocycles. The number of hydrogen-bond donors (Lipinski definition) is 0. The minimum absolute atomic E-state index is 0.914. The zero-order valence-corrected chi connectivity index (χ0v) is 24.9. The molecule has 8 aromatic rings. The van der Waals surface area contributed by atoms with Gasteiger partial charge in [-0.1, -0.05) is 170 Å². The van der Waals surface area contributed by atoms with E-state index in [-0.39, 0.29) is 0 Å². The molecule has 210 valence electrons. The van der Waals surface area contributed by atoms with E-state index in [1.54, 1.807) is 0 Å². The van der Waals surface area contributed by atoms with E-state index in [1.807, 2.05) is 0 Å². The smallest absolute Gasteiger partial charge is 0.00128 e. The SMILES string of the molecule is C1=C(c2c3ccccc3c(-c3c(-c4ccccc4)cccc3-c3ccccc3)c3ccccc23)Cc2cccc3cccc1c23. The van der Waals surface area contributed by atoms with E-state index in [0.717, 1.165) is 6.42 Å². The van der Waals surface area contributed by atoms with E-state index in [1.165, 1.54) is 88.0 Å². The first kappa shape index (κ1) is 25.7. The Morgan fingerprint density at radius 2 is 0.844 bits per heavy atom. The summed E-state index contributed by atoms with van der Waals surface area (Å²) in [5, 5.41) is 7.86. The molecule has 45 heavy (non-hydrogen) atoms. The average molecular weight is 571 g/mol. The summed E-state index contributed by atoms with van der Waals surface area (Å²) in [6, 6.07) is 60.0. The van der Waals surface area contributed by atoms with Gasteiger partial charge in [-0.3, -0.25) is 0 Å². The Morgan fingerprint density at radius 3 is 1.42 bits per heavy atom. The molecule has 0 fully saturated rings. The molecular weight excluding hydrogens is 540 g/mol. The maximum Gasteiger partial charge on any atom is -0.00128 e. The predicted molar refractivity (Wildman–Crippen MR) is 193 cm³/mol. The van der Waals surface area contributed by atoms with Gasteiger partial charge in [-0.25, -0.2) is 0 Å². The highest BCUT2D eigenvalue weighted by atomic mass is 14.3. The lowest BCUT2D eigenvalue weighted by Gasteiger charge is -2.24. The van der Waals surface area contributed by atoms with E-state index in [4.69, 9.17) is 0 Å². The lowest BCUT2D eigenvalue weighted by atomic mass is 9.79. The molecule has 0 bridgehead atoms. The molecule has 0 heterocycles. The minimum Gasteiger partial charge on any atom is -0.0622 e. The third-order valence-electron chi connectivity index (χ3n) is 9.47. The van der Waals surface area contributed by atoms with Gasteiger partial charge in [-0.05, 0) is 94.4 Å². The maximum atomic E-state index is 2.44. The quantitative estimate of drug-likeness (QED) is 0.185. The van der Waals surface area contributed by atoms with E-state index >= 15 is 0 Å². The molecule has 1 aliphatic rings. The van der Waals surface area contributed by atoms with Crippen molar-refractivity contribution >= 4 is 44.0 Å². The summed E-state index contributed by atoms with van der Waals surface area (Å²) >= 11 is 0. The molecule has 8 aromatic carbocycles. The summed E-state index contributed by atoms with van der Waals surface area (Å²) in [6.07, 6.45) is 3.36. The van der Waals surface area contributed by atoms with Gasteiger partial charge in [-0.2, -0.15) is 0 Å². The Kier molecular flexibility index (Phi) is 5.99. The second kappa shape index (κ2) is 10.5. The first-order chi connectivity index (χ1) is 22.3. The van der Waals surface area contributed by atoms with Crippen LogP contribution in [0.25, 0.3) is 77.3 Å². The third-order valence-corrected chi connectivity index (χ3v) is 9.47. The number of allylic oxidation sites excluding steroid dienone is 1. The van der Waals surface area contributed by atoms with Gasteiger partial charge in [0.15, 0.2) is 0 Å². The molecule has 0 amide bonds. The highest BCUT2D eigenvalue weighted by molar-refractivity contribution is 6.23. The van der Waals surface area contributed by atoms with Gasteiger partial charge in [0.25, 0.3) is 0 Å². The van der Waals surface area contributed by atoms with Crippen molar-refractivity contribution in [3.8, 4) is 33.4 Å². The second-order valence-corrected chi connectivity index (χ2v) is 12.0. The largest absolute Gasteiger partial charge is 0.0622 e. The monoisotopic (exact) mass is 570 g/mol. The van der Waals surface area contributed by atoms with Crippen molar-refractivity contribution < 1.29 is 0 Å². The first-order valence-corrected chi connectivity index (χ1v) is 15.7. The van der Waals surface area contributed by atoms with Crippen LogP contribution in [0.3, 0.4) is 0 Å². The van der Waals surface area contributed by atoms with Gasteiger partial charge < -0.3 is 0 Å². The van der Waals surface area contributed by atoms with Gasteiger partial charge in [0.2, 0.25) is 0 Å². The lowest BCUT2D eigenvalue weighted by molar-refractivity contribution is 1.31. The van der Waals surface area contributed by atoms with Crippen LogP contribution in [0, 0.1) is 0 Å². The van der Waals surface area contributed by atoms with Crippen molar-refractivity contribution in [2.24, 2.45) is 0 Å². The molecule has 0 saturated heterocycles. The van der Waals surface area contributed by atoms with Crippen molar-refractivity contribution in [3.63, 3.8) is 0 Å². The van der Waals surface area contributed by atoms with E-state index in [9.17, 15) is 0 Å². The number of benzene rings is 8. The van der Waals surface area contributed by atoms with E-state index in [2.05, 4.69) is 170 Å². The predicted octanol–water partition coefficient (Wildman–Crippen LogP) is 12.2. The molecule has 1 aliphatic carbocycles. The zero-order chi connectivity index (χ0) is 29.7. The minimum atomic E-state index is 0.914. The van der Waals surface area contributed by atoms with E-state index in [0.29, 0.717) is 0 Å². The summed E-state index contributed by atoms with van der Waals surface area (Å²) < 4.78 is 0. The fourth-order valence-electron chi connectivity index (χ4n) is 7.60.